The number of nitrogens with zero attached hydrogens (tertiary/aromatic N) is 4. The Hall–Kier alpha value is -2.34. The van der Waals surface area contributed by atoms with Crippen molar-refractivity contribution < 1.29 is 4.74 Å². The maximum absolute atomic E-state index is 5.18. The highest BCUT2D eigenvalue weighted by atomic mass is 79.9. The van der Waals surface area contributed by atoms with Gasteiger partial charge in [-0.3, -0.25) is 0 Å². The van der Waals surface area contributed by atoms with Crippen molar-refractivity contribution >= 4 is 27.0 Å². The van der Waals surface area contributed by atoms with Crippen molar-refractivity contribution in [3.05, 3.63) is 65.7 Å². The summed E-state index contributed by atoms with van der Waals surface area (Å²) >= 11 is 3.37. The number of fused-ring (bicyclic) bond motifs is 2. The molecule has 0 spiro atoms. The summed E-state index contributed by atoms with van der Waals surface area (Å²) in [6, 6.07) is 11.8. The third kappa shape index (κ3) is 2.90. The summed E-state index contributed by atoms with van der Waals surface area (Å²) in [5.74, 6) is 0.821. The van der Waals surface area contributed by atoms with Crippen LogP contribution in [0.4, 0.5) is 0 Å². The molecule has 4 aromatic heterocycles. The van der Waals surface area contributed by atoms with Crippen LogP contribution in [0.2, 0.25) is 0 Å². The minimum atomic E-state index is 0.821. The zero-order valence-electron chi connectivity index (χ0n) is 11.3. The first-order valence-electron chi connectivity index (χ1n) is 6.33. The monoisotopic (exact) mass is 344 g/mol. The Bertz CT molecular complexity index is 838. The maximum atomic E-state index is 5.18. The summed E-state index contributed by atoms with van der Waals surface area (Å²) in [7, 11) is 1.65. The van der Waals surface area contributed by atoms with E-state index in [1.165, 1.54) is 0 Å². The largest absolute Gasteiger partial charge is 0.494 e. The van der Waals surface area contributed by atoms with Crippen LogP contribution < -0.4 is 4.74 Å². The molecule has 0 radical (unpaired) electrons. The van der Waals surface area contributed by atoms with Crippen molar-refractivity contribution in [2.45, 2.75) is 0 Å². The number of pyridine rings is 2. The summed E-state index contributed by atoms with van der Waals surface area (Å²) in [6.45, 7) is 0. The van der Waals surface area contributed by atoms with E-state index in [2.05, 4.69) is 26.1 Å². The lowest BCUT2D eigenvalue weighted by Gasteiger charge is -2.02. The van der Waals surface area contributed by atoms with Crippen molar-refractivity contribution in [2.75, 3.05) is 7.11 Å². The molecule has 4 aromatic rings. The molecule has 0 fully saturated rings. The summed E-state index contributed by atoms with van der Waals surface area (Å²) in [5.41, 5.74) is 2.11. The Morgan fingerprint density at radius 2 is 1.86 bits per heavy atom. The quantitative estimate of drug-likeness (QED) is 0.531. The number of hydrogen-bond donors (Lipinski definition) is 0. The van der Waals surface area contributed by atoms with Crippen molar-refractivity contribution in [1.29, 1.82) is 0 Å². The van der Waals surface area contributed by atoms with E-state index in [0.717, 1.165) is 21.3 Å². The lowest BCUT2D eigenvalue weighted by Crippen LogP contribution is -1.90. The molecule has 0 aliphatic heterocycles. The highest BCUT2D eigenvalue weighted by molar-refractivity contribution is 9.10. The number of hydrogen-bond acceptors (Lipinski definition) is 3. The van der Waals surface area contributed by atoms with E-state index >= 15 is 0 Å². The van der Waals surface area contributed by atoms with E-state index in [1.807, 2.05) is 53.3 Å². The van der Waals surface area contributed by atoms with Crippen molar-refractivity contribution in [3.63, 3.8) is 0 Å². The zero-order chi connectivity index (χ0) is 14.7. The van der Waals surface area contributed by atoms with Gasteiger partial charge in [0, 0.05) is 23.1 Å². The highest BCUT2D eigenvalue weighted by Gasteiger charge is 2.02. The van der Waals surface area contributed by atoms with Gasteiger partial charge in [0.2, 0.25) is 0 Å². The summed E-state index contributed by atoms with van der Waals surface area (Å²) in [5, 5.41) is 8.13. The molecule has 4 rings (SSSR count). The molecule has 0 N–H and O–H groups in total. The third-order valence-electron chi connectivity index (χ3n) is 2.96. The van der Waals surface area contributed by atoms with E-state index in [4.69, 9.17) is 4.74 Å². The zero-order valence-corrected chi connectivity index (χ0v) is 12.9. The fourth-order valence-corrected chi connectivity index (χ4v) is 2.40. The molecule has 0 bridgehead atoms. The van der Waals surface area contributed by atoms with Crippen LogP contribution in [0.25, 0.3) is 11.0 Å². The average Bonchev–Trinajstić information content (AvgIpc) is 3.15. The molecule has 0 aromatic carbocycles. The summed E-state index contributed by atoms with van der Waals surface area (Å²) in [6.07, 6.45) is 7.34. The number of methoxy groups -OCH3 is 1. The van der Waals surface area contributed by atoms with Gasteiger partial charge in [0.1, 0.15) is 11.3 Å². The molecule has 21 heavy (non-hydrogen) atoms. The van der Waals surface area contributed by atoms with Crippen molar-refractivity contribution in [2.24, 2.45) is 0 Å². The second-order valence-electron chi connectivity index (χ2n) is 4.29. The molecule has 0 aliphatic carbocycles. The van der Waals surface area contributed by atoms with Crippen LogP contribution in [0, 0.1) is 0 Å². The minimum Gasteiger partial charge on any atom is -0.494 e. The number of halogens is 1. The van der Waals surface area contributed by atoms with Gasteiger partial charge in [-0.1, -0.05) is 6.07 Å². The van der Waals surface area contributed by atoms with Crippen LogP contribution in [-0.4, -0.2) is 26.3 Å². The molecule has 0 aliphatic rings. The molecule has 0 unspecified atom stereocenters. The highest BCUT2D eigenvalue weighted by Crippen LogP contribution is 2.23. The van der Waals surface area contributed by atoms with Crippen LogP contribution in [0.15, 0.2) is 65.7 Å². The van der Waals surface area contributed by atoms with Gasteiger partial charge in [-0.25, -0.2) is 9.03 Å². The molecule has 6 heteroatoms. The van der Waals surface area contributed by atoms with Gasteiger partial charge in [0.15, 0.2) is 0 Å². The van der Waals surface area contributed by atoms with Crippen molar-refractivity contribution in [3.8, 4) is 5.75 Å². The van der Waals surface area contributed by atoms with Crippen LogP contribution >= 0.6 is 15.9 Å². The predicted molar refractivity (Wildman–Crippen MR) is 84.6 cm³/mol. The van der Waals surface area contributed by atoms with E-state index in [0.29, 0.717) is 0 Å². The second-order valence-corrected chi connectivity index (χ2v) is 5.20. The van der Waals surface area contributed by atoms with Crippen LogP contribution in [-0.2, 0) is 0 Å². The number of ether oxygens (including phenoxy) is 1. The van der Waals surface area contributed by atoms with Gasteiger partial charge in [-0.15, -0.1) is 0 Å². The van der Waals surface area contributed by atoms with Gasteiger partial charge < -0.3 is 4.74 Å². The molecule has 5 nitrogen and oxygen atoms in total. The van der Waals surface area contributed by atoms with E-state index in [1.54, 1.807) is 24.0 Å². The summed E-state index contributed by atoms with van der Waals surface area (Å²) in [4.78, 5) is 0. The molecule has 106 valence electrons. The molecule has 0 saturated heterocycles. The van der Waals surface area contributed by atoms with E-state index in [9.17, 15) is 0 Å². The molecule has 0 atom stereocenters. The topological polar surface area (TPSA) is 43.8 Å². The lowest BCUT2D eigenvalue weighted by molar-refractivity contribution is 0.417. The summed E-state index contributed by atoms with van der Waals surface area (Å²) < 4.78 is 9.73. The molecular formula is C15H13BrN4O. The van der Waals surface area contributed by atoms with Crippen LogP contribution in [0.5, 0.6) is 5.75 Å². The SMILES string of the molecule is COc1cc(Br)cn2nccc12.c1ccn2nccc2c1. The second kappa shape index (κ2) is 5.97. The third-order valence-corrected chi connectivity index (χ3v) is 3.40. The van der Waals surface area contributed by atoms with Crippen molar-refractivity contribution in [1.82, 2.24) is 19.2 Å². The first kappa shape index (κ1) is 13.6. The minimum absolute atomic E-state index is 0.821. The van der Waals surface area contributed by atoms with E-state index < -0.39 is 0 Å². The van der Waals surface area contributed by atoms with Crippen LogP contribution in [0.1, 0.15) is 0 Å². The fraction of sp³-hybridized carbons (Fsp3) is 0.0667. The average molecular weight is 345 g/mol. The standard InChI is InChI=1S/C8H7BrN2O.C7H6N2/c1-12-8-4-6(9)5-11-7(8)2-3-10-11;1-2-6-9-7(3-1)4-5-8-9/h2-5H,1H3;1-6H. The smallest absolute Gasteiger partial charge is 0.145 e. The van der Waals surface area contributed by atoms with Gasteiger partial charge in [-0.05, 0) is 46.3 Å². The molecular weight excluding hydrogens is 332 g/mol. The van der Waals surface area contributed by atoms with Gasteiger partial charge in [0.25, 0.3) is 0 Å². The fourth-order valence-electron chi connectivity index (χ4n) is 2.00. The lowest BCUT2D eigenvalue weighted by atomic mass is 10.4. The molecule has 4 heterocycles. The van der Waals surface area contributed by atoms with E-state index in [-0.39, 0.29) is 0 Å². The van der Waals surface area contributed by atoms with Crippen LogP contribution in [0.3, 0.4) is 0 Å². The van der Waals surface area contributed by atoms with Gasteiger partial charge in [0.05, 0.1) is 18.8 Å². The van der Waals surface area contributed by atoms with Gasteiger partial charge >= 0.3 is 0 Å². The maximum Gasteiger partial charge on any atom is 0.145 e. The normalized spacial score (nSPS) is 10.4. The predicted octanol–water partition coefficient (Wildman–Crippen LogP) is 3.44. The first-order chi connectivity index (χ1) is 10.3. The Morgan fingerprint density at radius 1 is 1.05 bits per heavy atom. The molecule has 0 amide bonds. The number of aromatic nitrogens is 4. The Labute approximate surface area is 129 Å². The Kier molecular flexibility index (Phi) is 3.87. The Morgan fingerprint density at radius 3 is 2.67 bits per heavy atom. The number of rotatable bonds is 1. The molecule has 0 saturated carbocycles. The van der Waals surface area contributed by atoms with Gasteiger partial charge in [-0.2, -0.15) is 10.2 Å². The Balaban J connectivity index is 0.000000131. The first-order valence-corrected chi connectivity index (χ1v) is 7.12.